The van der Waals surface area contributed by atoms with Gasteiger partial charge in [-0.3, -0.25) is 5.84 Å². The lowest BCUT2D eigenvalue weighted by Crippen LogP contribution is -2.30. The molecule has 2 heterocycles. The molecule has 0 fully saturated rings. The Morgan fingerprint density at radius 1 is 1.44 bits per heavy atom. The van der Waals surface area contributed by atoms with Crippen LogP contribution in [0.3, 0.4) is 0 Å². The van der Waals surface area contributed by atoms with Crippen LogP contribution in [-0.2, 0) is 0 Å². The summed E-state index contributed by atoms with van der Waals surface area (Å²) in [6.07, 6.45) is 1.73. The van der Waals surface area contributed by atoms with E-state index in [-0.39, 0.29) is 6.04 Å². The van der Waals surface area contributed by atoms with Crippen molar-refractivity contribution in [2.75, 3.05) is 5.73 Å². The number of nitrogens with zero attached hydrogens (tertiary/aromatic N) is 2. The summed E-state index contributed by atoms with van der Waals surface area (Å²) in [5.41, 5.74) is 13.1. The molecule has 16 heavy (non-hydrogen) atoms. The van der Waals surface area contributed by atoms with Gasteiger partial charge in [0.25, 0.3) is 0 Å². The monoisotopic (exact) mass is 235 g/mol. The number of thiazole rings is 1. The highest BCUT2D eigenvalue weighted by Crippen LogP contribution is 2.25. The molecule has 0 aliphatic heterocycles. The summed E-state index contributed by atoms with van der Waals surface area (Å²) in [5, 5.41) is 1.94. The lowest BCUT2D eigenvalue weighted by Gasteiger charge is -2.16. The lowest BCUT2D eigenvalue weighted by atomic mass is 10.0. The quantitative estimate of drug-likeness (QED) is 0.545. The van der Waals surface area contributed by atoms with Gasteiger partial charge in [-0.15, -0.1) is 11.3 Å². The third-order valence-corrected chi connectivity index (χ3v) is 2.92. The standard InChI is InChI=1S/C10H13N5S/c1-6-2-7(10(11)13-3-6)9(15-12)8-4-16-5-14-8/h2-5,9,15H,12H2,1H3,(H2,11,13). The maximum absolute atomic E-state index is 5.84. The minimum Gasteiger partial charge on any atom is -0.383 e. The van der Waals surface area contributed by atoms with E-state index >= 15 is 0 Å². The number of aryl methyl sites for hydroxylation is 1. The molecule has 2 aromatic heterocycles. The summed E-state index contributed by atoms with van der Waals surface area (Å²) in [5.74, 6) is 6.02. The van der Waals surface area contributed by atoms with Gasteiger partial charge >= 0.3 is 0 Å². The Bertz CT molecular complexity index is 468. The molecular formula is C10H13N5S. The van der Waals surface area contributed by atoms with Gasteiger partial charge in [-0.05, 0) is 18.6 Å². The minimum absolute atomic E-state index is 0.210. The molecule has 2 aromatic rings. The van der Waals surface area contributed by atoms with Crippen molar-refractivity contribution in [3.8, 4) is 0 Å². The van der Waals surface area contributed by atoms with Gasteiger partial charge in [0, 0.05) is 17.1 Å². The fraction of sp³-hybridized carbons (Fsp3) is 0.200. The maximum Gasteiger partial charge on any atom is 0.128 e. The summed E-state index contributed by atoms with van der Waals surface area (Å²) >= 11 is 1.52. The first-order valence-corrected chi connectivity index (χ1v) is 5.73. The minimum atomic E-state index is -0.210. The average molecular weight is 235 g/mol. The molecule has 1 atom stereocenters. The number of rotatable bonds is 3. The van der Waals surface area contributed by atoms with Crippen LogP contribution in [0.4, 0.5) is 5.82 Å². The SMILES string of the molecule is Cc1cnc(N)c(C(NN)c2cscn2)c1. The Balaban J connectivity index is 2.44. The summed E-state index contributed by atoms with van der Waals surface area (Å²) in [7, 11) is 0. The fourth-order valence-corrected chi connectivity index (χ4v) is 2.11. The Labute approximate surface area is 97.5 Å². The molecule has 6 heteroatoms. The van der Waals surface area contributed by atoms with Gasteiger partial charge in [-0.25, -0.2) is 15.4 Å². The molecule has 0 aromatic carbocycles. The zero-order chi connectivity index (χ0) is 11.5. The van der Waals surface area contributed by atoms with E-state index in [1.807, 2.05) is 18.4 Å². The van der Waals surface area contributed by atoms with Gasteiger partial charge in [-0.1, -0.05) is 0 Å². The van der Waals surface area contributed by atoms with Gasteiger partial charge in [0.15, 0.2) is 0 Å². The van der Waals surface area contributed by atoms with E-state index in [0.717, 1.165) is 16.8 Å². The van der Waals surface area contributed by atoms with Crippen molar-refractivity contribution in [3.05, 3.63) is 40.0 Å². The third-order valence-electron chi connectivity index (χ3n) is 2.31. The number of hydrogen-bond donors (Lipinski definition) is 3. The largest absolute Gasteiger partial charge is 0.383 e. The number of nitrogen functional groups attached to an aromatic ring is 1. The average Bonchev–Trinajstić information content (AvgIpc) is 2.78. The highest BCUT2D eigenvalue weighted by atomic mass is 32.1. The highest BCUT2D eigenvalue weighted by Gasteiger charge is 2.17. The normalized spacial score (nSPS) is 12.6. The first-order valence-electron chi connectivity index (χ1n) is 4.78. The third kappa shape index (κ3) is 2.04. The van der Waals surface area contributed by atoms with Crippen LogP contribution in [0.15, 0.2) is 23.2 Å². The number of hydrazine groups is 1. The topological polar surface area (TPSA) is 89.8 Å². The molecular weight excluding hydrogens is 222 g/mol. The Morgan fingerprint density at radius 3 is 2.88 bits per heavy atom. The van der Waals surface area contributed by atoms with Gasteiger partial charge < -0.3 is 5.73 Å². The molecule has 0 saturated carbocycles. The van der Waals surface area contributed by atoms with Crippen molar-refractivity contribution in [1.82, 2.24) is 15.4 Å². The van der Waals surface area contributed by atoms with Gasteiger partial charge in [0.05, 0.1) is 17.2 Å². The summed E-state index contributed by atoms with van der Waals surface area (Å²) in [6, 6.07) is 1.75. The highest BCUT2D eigenvalue weighted by molar-refractivity contribution is 7.07. The molecule has 5 nitrogen and oxygen atoms in total. The molecule has 0 bridgehead atoms. The Hall–Kier alpha value is -1.50. The van der Waals surface area contributed by atoms with E-state index in [1.54, 1.807) is 11.7 Å². The zero-order valence-electron chi connectivity index (χ0n) is 8.84. The van der Waals surface area contributed by atoms with E-state index in [2.05, 4.69) is 15.4 Å². The van der Waals surface area contributed by atoms with Crippen molar-refractivity contribution >= 4 is 17.2 Å². The van der Waals surface area contributed by atoms with Crippen molar-refractivity contribution in [2.24, 2.45) is 5.84 Å². The smallest absolute Gasteiger partial charge is 0.128 e. The van der Waals surface area contributed by atoms with Crippen molar-refractivity contribution in [2.45, 2.75) is 13.0 Å². The molecule has 0 saturated heterocycles. The number of anilines is 1. The summed E-state index contributed by atoms with van der Waals surface area (Å²) in [4.78, 5) is 8.34. The van der Waals surface area contributed by atoms with Crippen LogP contribution in [0.5, 0.6) is 0 Å². The Morgan fingerprint density at radius 2 is 2.25 bits per heavy atom. The first kappa shape index (κ1) is 11.0. The molecule has 2 rings (SSSR count). The second kappa shape index (κ2) is 4.56. The molecule has 84 valence electrons. The number of hydrogen-bond acceptors (Lipinski definition) is 6. The van der Waals surface area contributed by atoms with E-state index in [9.17, 15) is 0 Å². The van der Waals surface area contributed by atoms with Crippen LogP contribution in [-0.4, -0.2) is 9.97 Å². The van der Waals surface area contributed by atoms with Gasteiger partial charge in [0.2, 0.25) is 0 Å². The van der Waals surface area contributed by atoms with Crippen molar-refractivity contribution in [1.29, 1.82) is 0 Å². The predicted octanol–water partition coefficient (Wildman–Crippen LogP) is 0.981. The van der Waals surface area contributed by atoms with Crippen LogP contribution in [0, 0.1) is 6.92 Å². The zero-order valence-corrected chi connectivity index (χ0v) is 9.66. The van der Waals surface area contributed by atoms with Crippen LogP contribution in [0.2, 0.25) is 0 Å². The number of nitrogens with one attached hydrogen (secondary N) is 1. The Kier molecular flexibility index (Phi) is 3.14. The van der Waals surface area contributed by atoms with E-state index < -0.39 is 0 Å². The van der Waals surface area contributed by atoms with Crippen LogP contribution in [0.25, 0.3) is 0 Å². The predicted molar refractivity (Wildman–Crippen MR) is 64.7 cm³/mol. The van der Waals surface area contributed by atoms with E-state index in [4.69, 9.17) is 11.6 Å². The van der Waals surface area contributed by atoms with Crippen LogP contribution < -0.4 is 17.0 Å². The van der Waals surface area contributed by atoms with Gasteiger partial charge in [0.1, 0.15) is 5.82 Å². The number of aromatic nitrogens is 2. The van der Waals surface area contributed by atoms with E-state index in [1.165, 1.54) is 11.3 Å². The fourth-order valence-electron chi connectivity index (χ4n) is 1.53. The molecule has 5 N–H and O–H groups in total. The second-order valence-electron chi connectivity index (χ2n) is 3.50. The van der Waals surface area contributed by atoms with Gasteiger partial charge in [-0.2, -0.15) is 0 Å². The summed E-state index contributed by atoms with van der Waals surface area (Å²) < 4.78 is 0. The molecule has 0 spiro atoms. The lowest BCUT2D eigenvalue weighted by molar-refractivity contribution is 0.623. The van der Waals surface area contributed by atoms with Crippen LogP contribution in [0.1, 0.15) is 22.9 Å². The molecule has 0 amide bonds. The van der Waals surface area contributed by atoms with Crippen LogP contribution >= 0.6 is 11.3 Å². The second-order valence-corrected chi connectivity index (χ2v) is 4.22. The number of pyridine rings is 1. The van der Waals surface area contributed by atoms with E-state index in [0.29, 0.717) is 5.82 Å². The number of nitrogens with two attached hydrogens (primary N) is 2. The van der Waals surface area contributed by atoms with Crippen molar-refractivity contribution in [3.63, 3.8) is 0 Å². The maximum atomic E-state index is 5.84. The first-order chi connectivity index (χ1) is 7.72. The summed E-state index contributed by atoms with van der Waals surface area (Å²) in [6.45, 7) is 1.96. The molecule has 0 aliphatic carbocycles. The molecule has 1 unspecified atom stereocenters. The molecule has 0 radical (unpaired) electrons. The molecule has 0 aliphatic rings. The van der Waals surface area contributed by atoms with Crippen molar-refractivity contribution < 1.29 is 0 Å².